The first-order valence-corrected chi connectivity index (χ1v) is 10.2. The summed E-state index contributed by atoms with van der Waals surface area (Å²) in [6.45, 7) is 2.59. The quantitative estimate of drug-likeness (QED) is 0.655. The van der Waals surface area contributed by atoms with Crippen LogP contribution in [0.5, 0.6) is 5.75 Å². The van der Waals surface area contributed by atoms with Gasteiger partial charge in [-0.3, -0.25) is 9.59 Å². The summed E-state index contributed by atoms with van der Waals surface area (Å²) in [6, 6.07) is 9.78. The molecule has 1 aromatic carbocycles. The molecule has 152 valence electrons. The number of pyridine rings is 1. The summed E-state index contributed by atoms with van der Waals surface area (Å²) in [5.41, 5.74) is 0.469. The minimum Gasteiger partial charge on any atom is -0.494 e. The van der Waals surface area contributed by atoms with Crippen LogP contribution in [0.4, 0.5) is 0 Å². The minimum atomic E-state index is -3.69. The highest BCUT2D eigenvalue weighted by Crippen LogP contribution is 2.14. The molecule has 0 saturated carbocycles. The molecule has 0 atom stereocenters. The van der Waals surface area contributed by atoms with Gasteiger partial charge in [0.05, 0.1) is 11.5 Å². The molecule has 2 rings (SSSR count). The summed E-state index contributed by atoms with van der Waals surface area (Å²) in [5.74, 6) is 0.445. The van der Waals surface area contributed by atoms with E-state index in [9.17, 15) is 18.0 Å². The van der Waals surface area contributed by atoms with Crippen LogP contribution in [0.25, 0.3) is 0 Å². The average Bonchev–Trinajstić information content (AvgIpc) is 2.65. The first-order valence-electron chi connectivity index (χ1n) is 8.74. The van der Waals surface area contributed by atoms with Crippen LogP contribution in [-0.4, -0.2) is 55.8 Å². The second kappa shape index (κ2) is 9.03. The van der Waals surface area contributed by atoms with E-state index >= 15 is 0 Å². The molecule has 0 bridgehead atoms. The van der Waals surface area contributed by atoms with Gasteiger partial charge >= 0.3 is 0 Å². The fraction of sp³-hybridized carbons (Fsp3) is 0.368. The molecule has 0 aliphatic heterocycles. The van der Waals surface area contributed by atoms with Crippen LogP contribution in [0, 0.1) is 0 Å². The lowest BCUT2D eigenvalue weighted by Crippen LogP contribution is -2.34. The molecule has 9 heteroatoms. The van der Waals surface area contributed by atoms with Crippen LogP contribution in [0.2, 0.25) is 0 Å². The van der Waals surface area contributed by atoms with E-state index in [1.807, 2.05) is 31.2 Å². The van der Waals surface area contributed by atoms with Gasteiger partial charge in [-0.25, -0.2) is 12.7 Å². The van der Waals surface area contributed by atoms with Crippen LogP contribution in [-0.2, 0) is 27.9 Å². The first-order chi connectivity index (χ1) is 13.1. The largest absolute Gasteiger partial charge is 0.494 e. The van der Waals surface area contributed by atoms with Crippen molar-refractivity contribution in [3.63, 3.8) is 0 Å². The Morgan fingerprint density at radius 1 is 1.07 bits per heavy atom. The standard InChI is InChI=1S/C19H25N3O5S/c1-5-27-16-8-6-15(7-9-16)12-21(4)19(24)14-22-13-17(10-11-18(22)23)28(25,26)20(2)3/h6-11,13H,5,12,14H2,1-4H3. The van der Waals surface area contributed by atoms with Gasteiger partial charge in [0.15, 0.2) is 0 Å². The van der Waals surface area contributed by atoms with Gasteiger partial charge in [-0.1, -0.05) is 12.1 Å². The van der Waals surface area contributed by atoms with E-state index < -0.39 is 15.6 Å². The van der Waals surface area contributed by atoms with Gasteiger partial charge in [0.25, 0.3) is 5.56 Å². The predicted molar refractivity (Wildman–Crippen MR) is 106 cm³/mol. The number of amides is 1. The minimum absolute atomic E-state index is 0.0425. The van der Waals surface area contributed by atoms with Crippen molar-refractivity contribution in [2.75, 3.05) is 27.7 Å². The van der Waals surface area contributed by atoms with Crippen LogP contribution in [0.15, 0.2) is 52.3 Å². The summed E-state index contributed by atoms with van der Waals surface area (Å²) < 4.78 is 32.0. The molecule has 0 saturated heterocycles. The molecule has 1 aromatic heterocycles. The third-order valence-electron chi connectivity index (χ3n) is 4.12. The summed E-state index contributed by atoms with van der Waals surface area (Å²) in [7, 11) is 0.743. The lowest BCUT2D eigenvalue weighted by molar-refractivity contribution is -0.131. The van der Waals surface area contributed by atoms with Crippen molar-refractivity contribution in [1.82, 2.24) is 13.8 Å². The Bertz CT molecular complexity index is 981. The number of rotatable bonds is 8. The Hall–Kier alpha value is -2.65. The predicted octanol–water partition coefficient (Wildman–Crippen LogP) is 1.16. The summed E-state index contributed by atoms with van der Waals surface area (Å²) in [6.07, 6.45) is 1.19. The van der Waals surface area contributed by atoms with E-state index in [4.69, 9.17) is 4.74 Å². The third kappa shape index (κ3) is 5.20. The van der Waals surface area contributed by atoms with Gasteiger partial charge in [0, 0.05) is 40.0 Å². The smallest absolute Gasteiger partial charge is 0.251 e. The van der Waals surface area contributed by atoms with Gasteiger partial charge in [0.1, 0.15) is 12.3 Å². The number of likely N-dealkylation sites (N-methyl/N-ethyl adjacent to an activating group) is 1. The molecule has 1 heterocycles. The van der Waals surface area contributed by atoms with E-state index in [2.05, 4.69) is 0 Å². The molecule has 0 spiro atoms. The van der Waals surface area contributed by atoms with Crippen LogP contribution in [0.1, 0.15) is 12.5 Å². The second-order valence-corrected chi connectivity index (χ2v) is 8.60. The SMILES string of the molecule is CCOc1ccc(CN(C)C(=O)Cn2cc(S(=O)(=O)N(C)C)ccc2=O)cc1. The maximum atomic E-state index is 12.5. The lowest BCUT2D eigenvalue weighted by atomic mass is 10.2. The number of ether oxygens (including phenoxy) is 1. The Kier molecular flexibility index (Phi) is 6.98. The highest BCUT2D eigenvalue weighted by molar-refractivity contribution is 7.89. The van der Waals surface area contributed by atoms with Crippen molar-refractivity contribution in [2.24, 2.45) is 0 Å². The van der Waals surface area contributed by atoms with E-state index in [1.54, 1.807) is 7.05 Å². The van der Waals surface area contributed by atoms with Crippen molar-refractivity contribution in [1.29, 1.82) is 0 Å². The van der Waals surface area contributed by atoms with Crippen molar-refractivity contribution >= 4 is 15.9 Å². The molecular weight excluding hydrogens is 382 g/mol. The number of sulfonamides is 1. The first kappa shape index (κ1) is 21.6. The van der Waals surface area contributed by atoms with E-state index in [0.29, 0.717) is 13.2 Å². The number of carbonyl (C=O) groups is 1. The highest BCUT2D eigenvalue weighted by Gasteiger charge is 2.19. The third-order valence-corrected chi connectivity index (χ3v) is 5.92. The molecule has 1 amide bonds. The fourth-order valence-electron chi connectivity index (χ4n) is 2.48. The lowest BCUT2D eigenvalue weighted by Gasteiger charge is -2.19. The van der Waals surface area contributed by atoms with Gasteiger partial charge in [-0.2, -0.15) is 0 Å². The molecule has 0 fully saturated rings. The van der Waals surface area contributed by atoms with Gasteiger partial charge < -0.3 is 14.2 Å². The number of benzene rings is 1. The van der Waals surface area contributed by atoms with Crippen molar-refractivity contribution < 1.29 is 17.9 Å². The number of carbonyl (C=O) groups excluding carboxylic acids is 1. The fourth-order valence-corrected chi connectivity index (χ4v) is 3.40. The molecule has 0 radical (unpaired) electrons. The van der Waals surface area contributed by atoms with Crippen molar-refractivity contribution in [2.45, 2.75) is 24.9 Å². The van der Waals surface area contributed by atoms with Gasteiger partial charge in [-0.05, 0) is 30.7 Å². The van der Waals surface area contributed by atoms with Crippen LogP contribution in [0.3, 0.4) is 0 Å². The Morgan fingerprint density at radius 2 is 1.71 bits per heavy atom. The normalized spacial score (nSPS) is 11.5. The number of aromatic nitrogens is 1. The number of hydrogen-bond acceptors (Lipinski definition) is 5. The van der Waals surface area contributed by atoms with Crippen LogP contribution >= 0.6 is 0 Å². The zero-order valence-electron chi connectivity index (χ0n) is 16.5. The Labute approximate surface area is 165 Å². The van der Waals surface area contributed by atoms with E-state index in [-0.39, 0.29) is 17.3 Å². The van der Waals surface area contributed by atoms with Crippen molar-refractivity contribution in [3.8, 4) is 5.75 Å². The Morgan fingerprint density at radius 3 is 2.29 bits per heavy atom. The molecule has 0 N–H and O–H groups in total. The second-order valence-electron chi connectivity index (χ2n) is 6.45. The molecule has 0 aliphatic rings. The number of hydrogen-bond donors (Lipinski definition) is 0. The van der Waals surface area contributed by atoms with E-state index in [1.165, 1.54) is 31.3 Å². The molecule has 0 aliphatic carbocycles. The maximum Gasteiger partial charge on any atom is 0.251 e. The van der Waals surface area contributed by atoms with Crippen LogP contribution < -0.4 is 10.3 Å². The summed E-state index contributed by atoms with van der Waals surface area (Å²) >= 11 is 0. The van der Waals surface area contributed by atoms with Gasteiger partial charge in [0.2, 0.25) is 15.9 Å². The molecule has 2 aromatic rings. The molecule has 28 heavy (non-hydrogen) atoms. The molecule has 8 nitrogen and oxygen atoms in total. The monoisotopic (exact) mass is 407 g/mol. The molecule has 0 unspecified atom stereocenters. The number of nitrogens with zero attached hydrogens (tertiary/aromatic N) is 3. The van der Waals surface area contributed by atoms with E-state index in [0.717, 1.165) is 26.3 Å². The maximum absolute atomic E-state index is 12.5. The Balaban J connectivity index is 2.12. The van der Waals surface area contributed by atoms with Gasteiger partial charge in [-0.15, -0.1) is 0 Å². The van der Waals surface area contributed by atoms with Crippen molar-refractivity contribution in [3.05, 3.63) is 58.5 Å². The summed E-state index contributed by atoms with van der Waals surface area (Å²) in [5, 5.41) is 0. The topological polar surface area (TPSA) is 88.9 Å². The highest BCUT2D eigenvalue weighted by atomic mass is 32.2. The average molecular weight is 407 g/mol. The molecular formula is C19H25N3O5S. The zero-order chi connectivity index (χ0) is 20.9. The zero-order valence-corrected chi connectivity index (χ0v) is 17.3. The summed E-state index contributed by atoms with van der Waals surface area (Å²) in [4.78, 5) is 26.0.